The molecule has 0 aliphatic rings. The van der Waals surface area contributed by atoms with Crippen molar-refractivity contribution in [3.63, 3.8) is 0 Å². The van der Waals surface area contributed by atoms with Crippen molar-refractivity contribution < 1.29 is 0 Å². The minimum atomic E-state index is 1.15. The lowest BCUT2D eigenvalue weighted by molar-refractivity contribution is 1.58. The van der Waals surface area contributed by atoms with Gasteiger partial charge in [-0.05, 0) is 127 Å². The fourth-order valence-electron chi connectivity index (χ4n) is 10.3. The zero-order valence-corrected chi connectivity index (χ0v) is 36.4. The number of rotatable bonds is 8. The minimum Gasteiger partial charge on any atom is -0.0622 e. The molecular formula is C66H44. The maximum Gasteiger partial charge on any atom is -0.00201 e. The van der Waals surface area contributed by atoms with Gasteiger partial charge in [0.1, 0.15) is 0 Å². The number of hydrogen-bond acceptors (Lipinski definition) is 0. The SMILES string of the molecule is C(=Cc1ccccc1-c1cccc(-c2c3ccccc3c(-c3ccccc3)c3ccccc23)c1)c1ccc(-c2ccccc2-c2c3ccccc3c(-c3ccccc3)c3ccccc23)cc1. The highest BCUT2D eigenvalue weighted by molar-refractivity contribution is 6.23. The van der Waals surface area contributed by atoms with Crippen LogP contribution in [0.2, 0.25) is 0 Å². The van der Waals surface area contributed by atoms with Crippen LogP contribution in [0.3, 0.4) is 0 Å². The molecule has 0 atom stereocenters. The van der Waals surface area contributed by atoms with Crippen molar-refractivity contribution in [3.8, 4) is 66.8 Å². The molecule has 12 aromatic carbocycles. The summed E-state index contributed by atoms with van der Waals surface area (Å²) < 4.78 is 0. The van der Waals surface area contributed by atoms with Gasteiger partial charge in [0.05, 0.1) is 0 Å². The molecule has 0 spiro atoms. The first-order valence-corrected chi connectivity index (χ1v) is 22.8. The van der Waals surface area contributed by atoms with E-state index < -0.39 is 0 Å². The lowest BCUT2D eigenvalue weighted by Crippen LogP contribution is -1.92. The Balaban J connectivity index is 0.900. The van der Waals surface area contributed by atoms with Gasteiger partial charge in [0, 0.05) is 0 Å². The molecule has 12 aromatic rings. The van der Waals surface area contributed by atoms with Crippen molar-refractivity contribution in [2.24, 2.45) is 0 Å². The van der Waals surface area contributed by atoms with E-state index in [0.717, 1.165) is 5.56 Å². The van der Waals surface area contributed by atoms with Crippen molar-refractivity contribution >= 4 is 55.2 Å². The Labute approximate surface area is 386 Å². The summed E-state index contributed by atoms with van der Waals surface area (Å²) in [6, 6.07) is 92.9. The van der Waals surface area contributed by atoms with Gasteiger partial charge >= 0.3 is 0 Å². The quantitative estimate of drug-likeness (QED) is 0.106. The van der Waals surface area contributed by atoms with Gasteiger partial charge < -0.3 is 0 Å². The van der Waals surface area contributed by atoms with Crippen molar-refractivity contribution in [2.45, 2.75) is 0 Å². The fourth-order valence-corrected chi connectivity index (χ4v) is 10.3. The smallest absolute Gasteiger partial charge is 0.00201 e. The molecule has 0 heterocycles. The predicted octanol–water partition coefficient (Wildman–Crippen LogP) is 18.5. The summed E-state index contributed by atoms with van der Waals surface area (Å²) in [6.45, 7) is 0. The molecule has 0 aliphatic heterocycles. The van der Waals surface area contributed by atoms with E-state index in [4.69, 9.17) is 0 Å². The van der Waals surface area contributed by atoms with E-state index in [1.807, 2.05) is 0 Å². The number of benzene rings is 12. The Morgan fingerprint density at radius 2 is 0.561 bits per heavy atom. The highest BCUT2D eigenvalue weighted by Gasteiger charge is 2.20. The van der Waals surface area contributed by atoms with Crippen LogP contribution in [-0.4, -0.2) is 0 Å². The van der Waals surface area contributed by atoms with Crippen LogP contribution in [0.5, 0.6) is 0 Å². The highest BCUT2D eigenvalue weighted by atomic mass is 14.2. The second kappa shape index (κ2) is 16.8. The zero-order chi connectivity index (χ0) is 43.8. The molecule has 12 rings (SSSR count). The molecule has 0 saturated carbocycles. The van der Waals surface area contributed by atoms with Gasteiger partial charge in [-0.25, -0.2) is 0 Å². The van der Waals surface area contributed by atoms with E-state index in [1.165, 1.54) is 115 Å². The second-order valence-corrected chi connectivity index (χ2v) is 17.1. The van der Waals surface area contributed by atoms with Crippen LogP contribution in [0, 0.1) is 0 Å². The van der Waals surface area contributed by atoms with Crippen LogP contribution in [0.4, 0.5) is 0 Å². The Kier molecular flexibility index (Phi) is 9.97. The van der Waals surface area contributed by atoms with Gasteiger partial charge in [-0.1, -0.05) is 261 Å². The Bertz CT molecular complexity index is 3670. The topological polar surface area (TPSA) is 0 Å². The summed E-state index contributed by atoms with van der Waals surface area (Å²) in [5.41, 5.74) is 17.1. The normalized spacial score (nSPS) is 11.6. The molecule has 308 valence electrons. The van der Waals surface area contributed by atoms with Gasteiger partial charge in [-0.15, -0.1) is 0 Å². The number of fused-ring (bicyclic) bond motifs is 4. The van der Waals surface area contributed by atoms with Crippen LogP contribution >= 0.6 is 0 Å². The van der Waals surface area contributed by atoms with E-state index in [2.05, 4.69) is 267 Å². The summed E-state index contributed by atoms with van der Waals surface area (Å²) in [6.07, 6.45) is 4.50. The average molecular weight is 837 g/mol. The highest BCUT2D eigenvalue weighted by Crippen LogP contribution is 2.47. The Morgan fingerprint density at radius 1 is 0.197 bits per heavy atom. The van der Waals surface area contributed by atoms with Crippen molar-refractivity contribution in [2.75, 3.05) is 0 Å². The second-order valence-electron chi connectivity index (χ2n) is 17.1. The molecule has 0 unspecified atom stereocenters. The van der Waals surface area contributed by atoms with E-state index in [1.54, 1.807) is 0 Å². The van der Waals surface area contributed by atoms with Crippen LogP contribution in [0.15, 0.2) is 255 Å². The van der Waals surface area contributed by atoms with Crippen LogP contribution < -0.4 is 0 Å². The molecule has 0 aliphatic carbocycles. The van der Waals surface area contributed by atoms with Gasteiger partial charge in [-0.3, -0.25) is 0 Å². The monoisotopic (exact) mass is 836 g/mol. The summed E-state index contributed by atoms with van der Waals surface area (Å²) in [7, 11) is 0. The van der Waals surface area contributed by atoms with Crippen molar-refractivity contribution in [1.82, 2.24) is 0 Å². The van der Waals surface area contributed by atoms with E-state index >= 15 is 0 Å². The molecule has 66 heavy (non-hydrogen) atoms. The third kappa shape index (κ3) is 6.88. The van der Waals surface area contributed by atoms with Gasteiger partial charge in [0.15, 0.2) is 0 Å². The maximum absolute atomic E-state index is 2.37. The minimum absolute atomic E-state index is 1.15. The third-order valence-electron chi connectivity index (χ3n) is 13.3. The maximum atomic E-state index is 2.37. The molecule has 0 heteroatoms. The van der Waals surface area contributed by atoms with Crippen molar-refractivity contribution in [1.29, 1.82) is 0 Å². The first kappa shape index (κ1) is 39.0. The van der Waals surface area contributed by atoms with E-state index in [9.17, 15) is 0 Å². The molecule has 0 fully saturated rings. The molecule has 0 saturated heterocycles. The van der Waals surface area contributed by atoms with Crippen LogP contribution in [0.1, 0.15) is 11.1 Å². The summed E-state index contributed by atoms with van der Waals surface area (Å²) in [5, 5.41) is 10.1. The van der Waals surface area contributed by atoms with Crippen LogP contribution in [0.25, 0.3) is 122 Å². The first-order chi connectivity index (χ1) is 32.8. The lowest BCUT2D eigenvalue weighted by atomic mass is 9.84. The standard InChI is InChI=1S/C66H44/c1-3-21-48(22-4-1)63-55-30-11-13-32-57(55)65(58-33-14-12-31-56(58)63)51-26-19-25-50(44-51)52-27-8-7-20-46(52)41-38-45-39-42-47(43-40-45)53-28-9-10-29-54(53)66-61-36-17-15-34-59(61)64(49-23-5-2-6-24-49)60-35-16-18-37-62(60)66/h1-44H. The average Bonchev–Trinajstić information content (AvgIpc) is 3.39. The van der Waals surface area contributed by atoms with Crippen LogP contribution in [-0.2, 0) is 0 Å². The molecule has 0 bridgehead atoms. The largest absolute Gasteiger partial charge is 0.0622 e. The summed E-state index contributed by atoms with van der Waals surface area (Å²) in [4.78, 5) is 0. The first-order valence-electron chi connectivity index (χ1n) is 22.8. The van der Waals surface area contributed by atoms with Gasteiger partial charge in [-0.2, -0.15) is 0 Å². The summed E-state index contributed by atoms with van der Waals surface area (Å²) in [5.74, 6) is 0. The molecule has 0 aromatic heterocycles. The molecular weight excluding hydrogens is 793 g/mol. The molecule has 0 radical (unpaired) electrons. The molecule has 0 N–H and O–H groups in total. The van der Waals surface area contributed by atoms with Gasteiger partial charge in [0.2, 0.25) is 0 Å². The van der Waals surface area contributed by atoms with Crippen molar-refractivity contribution in [3.05, 3.63) is 266 Å². The Morgan fingerprint density at radius 3 is 1.06 bits per heavy atom. The summed E-state index contributed by atoms with van der Waals surface area (Å²) >= 11 is 0. The van der Waals surface area contributed by atoms with Gasteiger partial charge in [0.25, 0.3) is 0 Å². The number of hydrogen-bond donors (Lipinski definition) is 0. The molecule has 0 amide bonds. The fraction of sp³-hybridized carbons (Fsp3) is 0. The van der Waals surface area contributed by atoms with E-state index in [0.29, 0.717) is 0 Å². The molecule has 0 nitrogen and oxygen atoms in total. The lowest BCUT2D eigenvalue weighted by Gasteiger charge is -2.19. The predicted molar refractivity (Wildman–Crippen MR) is 284 cm³/mol. The Hall–Kier alpha value is -8.58. The third-order valence-corrected chi connectivity index (χ3v) is 13.3. The van der Waals surface area contributed by atoms with E-state index in [-0.39, 0.29) is 0 Å². The zero-order valence-electron chi connectivity index (χ0n) is 36.4.